The summed E-state index contributed by atoms with van der Waals surface area (Å²) in [7, 11) is -4.19. The summed E-state index contributed by atoms with van der Waals surface area (Å²) in [5, 5.41) is 5.12. The summed E-state index contributed by atoms with van der Waals surface area (Å²) in [5.41, 5.74) is 4.63. The van der Waals surface area contributed by atoms with E-state index in [0.717, 1.165) is 25.0 Å². The first-order valence-electron chi connectivity index (χ1n) is 6.28. The number of nitrogens with two attached hydrogens (primary N) is 1. The average Bonchev–Trinajstić information content (AvgIpc) is 2.47. The van der Waals surface area contributed by atoms with E-state index in [9.17, 15) is 21.6 Å². The van der Waals surface area contributed by atoms with E-state index in [1.54, 1.807) is 6.21 Å². The Morgan fingerprint density at radius 2 is 1.91 bits per heavy atom. The lowest BCUT2D eigenvalue weighted by atomic mass is 10.2. The molecule has 0 aliphatic carbocycles. The number of halogens is 3. The van der Waals surface area contributed by atoms with Gasteiger partial charge in [-0.1, -0.05) is 0 Å². The van der Waals surface area contributed by atoms with Crippen LogP contribution in [0.2, 0.25) is 0 Å². The van der Waals surface area contributed by atoms with Gasteiger partial charge in [0.2, 0.25) is 5.96 Å². The zero-order valence-corrected chi connectivity index (χ0v) is 12.1. The molecule has 0 bridgehead atoms. The van der Waals surface area contributed by atoms with E-state index < -0.39 is 21.8 Å². The molecular formula is C12H13F3N4O2S. The maximum absolute atomic E-state index is 12.4. The number of hydrazone groups is 1. The quantitative estimate of drug-likeness (QED) is 0.660. The van der Waals surface area contributed by atoms with Crippen molar-refractivity contribution in [3.05, 3.63) is 29.8 Å². The lowest BCUT2D eigenvalue weighted by Crippen LogP contribution is -2.36. The monoisotopic (exact) mass is 334 g/mol. The Hall–Kier alpha value is -2.10. The van der Waals surface area contributed by atoms with Crippen molar-refractivity contribution in [3.63, 3.8) is 0 Å². The summed E-state index contributed by atoms with van der Waals surface area (Å²) in [5.74, 6) is -0.323. The van der Waals surface area contributed by atoms with Crippen molar-refractivity contribution in [3.8, 4) is 0 Å². The molecule has 0 amide bonds. The molecule has 6 nitrogen and oxygen atoms in total. The van der Waals surface area contributed by atoms with Gasteiger partial charge in [-0.2, -0.15) is 26.7 Å². The van der Waals surface area contributed by atoms with Gasteiger partial charge in [0.15, 0.2) is 0 Å². The molecule has 1 aromatic carbocycles. The Morgan fingerprint density at radius 1 is 1.27 bits per heavy atom. The van der Waals surface area contributed by atoms with Crippen LogP contribution in [-0.2, 0) is 16.2 Å². The summed E-state index contributed by atoms with van der Waals surface area (Å²) < 4.78 is 64.8. The maximum Gasteiger partial charge on any atom is 0.416 e. The lowest BCUT2D eigenvalue weighted by molar-refractivity contribution is -0.137. The van der Waals surface area contributed by atoms with Gasteiger partial charge in [0.1, 0.15) is 0 Å². The molecule has 1 aliphatic rings. The van der Waals surface area contributed by atoms with Crippen LogP contribution in [0.5, 0.6) is 0 Å². The van der Waals surface area contributed by atoms with Crippen molar-refractivity contribution in [2.24, 2.45) is 15.2 Å². The van der Waals surface area contributed by atoms with Gasteiger partial charge in [0.05, 0.1) is 10.5 Å². The lowest BCUT2D eigenvalue weighted by Gasteiger charge is -2.20. The first kappa shape index (κ1) is 16.3. The van der Waals surface area contributed by atoms with Crippen LogP contribution in [0.3, 0.4) is 0 Å². The highest BCUT2D eigenvalue weighted by Crippen LogP contribution is 2.29. The molecule has 1 aliphatic heterocycles. The average molecular weight is 334 g/mol. The third-order valence-electron chi connectivity index (χ3n) is 2.88. The molecule has 2 rings (SSSR count). The highest BCUT2D eigenvalue weighted by molar-refractivity contribution is 7.90. The third-order valence-corrected chi connectivity index (χ3v) is 4.18. The maximum atomic E-state index is 12.4. The van der Waals surface area contributed by atoms with Gasteiger partial charge in [-0.25, -0.2) is 5.01 Å². The molecule has 0 unspecified atom stereocenters. The van der Waals surface area contributed by atoms with Crippen LogP contribution in [0.4, 0.5) is 13.2 Å². The molecule has 10 heteroatoms. The van der Waals surface area contributed by atoms with Gasteiger partial charge in [0, 0.05) is 12.8 Å². The summed E-state index contributed by atoms with van der Waals surface area (Å²) >= 11 is 0. The van der Waals surface area contributed by atoms with Crippen molar-refractivity contribution >= 4 is 22.2 Å². The third kappa shape index (κ3) is 3.75. The smallest absolute Gasteiger partial charge is 0.367 e. The number of benzene rings is 1. The molecule has 22 heavy (non-hydrogen) atoms. The van der Waals surface area contributed by atoms with E-state index in [1.165, 1.54) is 5.01 Å². The Kier molecular flexibility index (Phi) is 4.40. The Labute approximate surface area is 125 Å². The second-order valence-electron chi connectivity index (χ2n) is 4.51. The summed E-state index contributed by atoms with van der Waals surface area (Å²) in [6, 6.07) is 3.04. The molecular weight excluding hydrogens is 321 g/mol. The minimum Gasteiger partial charge on any atom is -0.367 e. The van der Waals surface area contributed by atoms with E-state index in [0.29, 0.717) is 18.7 Å². The molecule has 2 N–H and O–H groups in total. The van der Waals surface area contributed by atoms with Crippen LogP contribution >= 0.6 is 0 Å². The number of rotatable bonds is 2. The fourth-order valence-electron chi connectivity index (χ4n) is 1.76. The molecule has 1 heterocycles. The van der Waals surface area contributed by atoms with Crippen molar-refractivity contribution < 1.29 is 21.6 Å². The van der Waals surface area contributed by atoms with Gasteiger partial charge < -0.3 is 5.73 Å². The van der Waals surface area contributed by atoms with Crippen molar-refractivity contribution in [2.45, 2.75) is 23.9 Å². The number of nitrogens with zero attached hydrogens (tertiary/aromatic N) is 3. The van der Waals surface area contributed by atoms with Crippen LogP contribution in [0.1, 0.15) is 18.4 Å². The van der Waals surface area contributed by atoms with E-state index in [1.807, 2.05) is 0 Å². The molecule has 0 radical (unpaired) electrons. The van der Waals surface area contributed by atoms with E-state index in [4.69, 9.17) is 5.73 Å². The minimum atomic E-state index is -4.53. The second kappa shape index (κ2) is 5.95. The van der Waals surface area contributed by atoms with Gasteiger partial charge >= 0.3 is 6.18 Å². The number of hydrogen-bond donors (Lipinski definition) is 1. The van der Waals surface area contributed by atoms with Crippen molar-refractivity contribution in [1.29, 1.82) is 0 Å². The zero-order chi connectivity index (χ0) is 16.4. The van der Waals surface area contributed by atoms with Crippen LogP contribution in [0.25, 0.3) is 0 Å². The minimum absolute atomic E-state index is 0.323. The predicted molar refractivity (Wildman–Crippen MR) is 74.7 cm³/mol. The standard InChI is InChI=1S/C12H13F3N4O2S/c13-12(14,15)9-3-5-10(6-4-9)22(20,21)18-11(16)19-8-2-1-7-17-19/h3-7H,1-2,8H2,(H2,16,18). The van der Waals surface area contributed by atoms with Crippen molar-refractivity contribution in [1.82, 2.24) is 5.01 Å². The largest absolute Gasteiger partial charge is 0.416 e. The molecule has 1 aromatic rings. The second-order valence-corrected chi connectivity index (χ2v) is 6.11. The summed E-state index contributed by atoms with van der Waals surface area (Å²) in [6.07, 6.45) is -1.45. The fraction of sp³-hybridized carbons (Fsp3) is 0.333. The van der Waals surface area contributed by atoms with E-state index >= 15 is 0 Å². The van der Waals surface area contributed by atoms with Crippen LogP contribution in [0.15, 0.2) is 38.7 Å². The predicted octanol–water partition coefficient (Wildman–Crippen LogP) is 1.79. The Morgan fingerprint density at radius 3 is 2.41 bits per heavy atom. The highest BCUT2D eigenvalue weighted by Gasteiger charge is 2.30. The fourth-order valence-corrected chi connectivity index (χ4v) is 2.68. The van der Waals surface area contributed by atoms with Crippen LogP contribution in [-0.4, -0.2) is 32.1 Å². The number of hydrogen-bond acceptors (Lipinski definition) is 3. The number of sulfonamides is 1. The molecule has 0 saturated heterocycles. The first-order valence-corrected chi connectivity index (χ1v) is 7.72. The normalized spacial score (nSPS) is 16.9. The highest BCUT2D eigenvalue weighted by atomic mass is 32.2. The van der Waals surface area contributed by atoms with Crippen LogP contribution in [0, 0.1) is 0 Å². The Balaban J connectivity index is 2.26. The van der Waals surface area contributed by atoms with E-state index in [-0.39, 0.29) is 10.9 Å². The van der Waals surface area contributed by atoms with Crippen LogP contribution < -0.4 is 5.73 Å². The zero-order valence-electron chi connectivity index (χ0n) is 11.3. The molecule has 0 saturated carbocycles. The molecule has 0 aromatic heterocycles. The summed E-state index contributed by atoms with van der Waals surface area (Å²) in [6.45, 7) is 0.425. The van der Waals surface area contributed by atoms with Gasteiger partial charge in [-0.3, -0.25) is 0 Å². The first-order chi connectivity index (χ1) is 10.2. The Bertz CT molecular complexity index is 696. The summed E-state index contributed by atoms with van der Waals surface area (Å²) in [4.78, 5) is -0.371. The van der Waals surface area contributed by atoms with E-state index in [2.05, 4.69) is 9.50 Å². The number of guanidine groups is 1. The van der Waals surface area contributed by atoms with Gasteiger partial charge in [-0.15, -0.1) is 4.40 Å². The van der Waals surface area contributed by atoms with Gasteiger partial charge in [-0.05, 0) is 37.1 Å². The molecule has 120 valence electrons. The molecule has 0 spiro atoms. The SMILES string of the molecule is NC(=NS(=O)(=O)c1ccc(C(F)(F)F)cc1)N1CCCC=N1. The van der Waals surface area contributed by atoms with Crippen molar-refractivity contribution in [2.75, 3.05) is 6.54 Å². The van der Waals surface area contributed by atoms with Gasteiger partial charge in [0.25, 0.3) is 10.0 Å². The molecule has 0 fully saturated rings. The topological polar surface area (TPSA) is 88.1 Å². The number of alkyl halides is 3. The molecule has 0 atom stereocenters.